The fourth-order valence-electron chi connectivity index (χ4n) is 3.15. The topological polar surface area (TPSA) is 46.4 Å². The van der Waals surface area contributed by atoms with Gasteiger partial charge < -0.3 is 9.64 Å². The number of hydrogen-bond acceptors (Lipinski definition) is 6. The zero-order valence-electron chi connectivity index (χ0n) is 14.4. The summed E-state index contributed by atoms with van der Waals surface area (Å²) in [6.07, 6.45) is 1.15. The largest absolute Gasteiger partial charge is 0.481 e. The average molecular weight is 335 g/mol. The second kappa shape index (κ2) is 6.88. The monoisotopic (exact) mass is 335 g/mol. The Morgan fingerprint density at radius 2 is 2.04 bits per heavy atom. The number of nitrogens with zero attached hydrogens (tertiary/aromatic N) is 5. The summed E-state index contributed by atoms with van der Waals surface area (Å²) in [5, 5.41) is 7.76. The molecule has 23 heavy (non-hydrogen) atoms. The van der Waals surface area contributed by atoms with Crippen LogP contribution in [0.15, 0.2) is 5.38 Å². The van der Waals surface area contributed by atoms with Gasteiger partial charge in [-0.15, -0.1) is 11.3 Å². The van der Waals surface area contributed by atoms with Crippen LogP contribution in [-0.2, 0) is 13.6 Å². The van der Waals surface area contributed by atoms with Crippen molar-refractivity contribution >= 4 is 16.5 Å². The third-order valence-electron chi connectivity index (χ3n) is 4.33. The number of rotatable bonds is 4. The van der Waals surface area contributed by atoms with Crippen molar-refractivity contribution in [2.45, 2.75) is 26.8 Å². The molecule has 2 aromatic heterocycles. The van der Waals surface area contributed by atoms with Crippen LogP contribution in [0.4, 0.5) is 5.13 Å². The number of ether oxygens (including phenoxy) is 1. The maximum atomic E-state index is 5.52. The van der Waals surface area contributed by atoms with Gasteiger partial charge >= 0.3 is 0 Å². The Balaban J connectivity index is 1.67. The van der Waals surface area contributed by atoms with Crippen LogP contribution in [0.5, 0.6) is 5.88 Å². The van der Waals surface area contributed by atoms with E-state index >= 15 is 0 Å². The van der Waals surface area contributed by atoms with E-state index in [1.165, 1.54) is 5.56 Å². The molecule has 1 saturated heterocycles. The second-order valence-corrected chi connectivity index (χ2v) is 6.92. The maximum Gasteiger partial charge on any atom is 0.216 e. The first-order valence-electron chi connectivity index (χ1n) is 8.04. The van der Waals surface area contributed by atoms with Crippen molar-refractivity contribution < 1.29 is 4.74 Å². The van der Waals surface area contributed by atoms with Gasteiger partial charge in [-0.3, -0.25) is 4.90 Å². The van der Waals surface area contributed by atoms with Gasteiger partial charge in [0, 0.05) is 45.2 Å². The Morgan fingerprint density at radius 3 is 2.74 bits per heavy atom. The average Bonchev–Trinajstić information content (AvgIpc) is 2.95. The molecule has 0 amide bonds. The molecule has 1 aliphatic heterocycles. The summed E-state index contributed by atoms with van der Waals surface area (Å²) in [5.41, 5.74) is 3.37. The third-order valence-corrected chi connectivity index (χ3v) is 5.35. The first kappa shape index (κ1) is 16.3. The van der Waals surface area contributed by atoms with Crippen LogP contribution in [0.1, 0.15) is 23.4 Å². The molecule has 1 aliphatic rings. The predicted octanol–water partition coefficient (Wildman–Crippen LogP) is 2.21. The Hall–Kier alpha value is -1.60. The molecule has 0 bridgehead atoms. The molecular formula is C16H25N5OS. The standard InChI is InChI=1S/C16H25N5OS/c1-12-11-23-16(17-12)21-7-5-6-20(8-9-21)10-14-13(2)18-19(3)15(14)22-4/h11H,5-10H2,1-4H3. The summed E-state index contributed by atoms with van der Waals surface area (Å²) in [6, 6.07) is 0. The quantitative estimate of drug-likeness (QED) is 0.857. The molecule has 0 N–H and O–H groups in total. The Labute approximate surface area is 141 Å². The lowest BCUT2D eigenvalue weighted by atomic mass is 10.2. The molecule has 7 heteroatoms. The van der Waals surface area contributed by atoms with Crippen LogP contribution in [0.25, 0.3) is 0 Å². The van der Waals surface area contributed by atoms with Crippen LogP contribution in [-0.4, -0.2) is 53.0 Å². The second-order valence-electron chi connectivity index (χ2n) is 6.09. The number of aromatic nitrogens is 3. The third kappa shape index (κ3) is 3.50. The van der Waals surface area contributed by atoms with Gasteiger partial charge in [0.1, 0.15) is 0 Å². The van der Waals surface area contributed by atoms with Gasteiger partial charge in [0.25, 0.3) is 0 Å². The molecule has 3 heterocycles. The molecule has 0 unspecified atom stereocenters. The van der Waals surface area contributed by atoms with Crippen LogP contribution >= 0.6 is 11.3 Å². The lowest BCUT2D eigenvalue weighted by molar-refractivity contribution is 0.277. The lowest BCUT2D eigenvalue weighted by Crippen LogP contribution is -2.30. The van der Waals surface area contributed by atoms with E-state index < -0.39 is 0 Å². The van der Waals surface area contributed by atoms with Crippen molar-refractivity contribution in [2.75, 3.05) is 38.2 Å². The van der Waals surface area contributed by atoms with E-state index in [2.05, 4.69) is 39.1 Å². The molecule has 0 aromatic carbocycles. The normalized spacial score (nSPS) is 16.6. The Morgan fingerprint density at radius 1 is 1.22 bits per heavy atom. The van der Waals surface area contributed by atoms with E-state index in [1.807, 2.05) is 11.7 Å². The Kier molecular flexibility index (Phi) is 4.87. The van der Waals surface area contributed by atoms with Crippen molar-refractivity contribution in [3.8, 4) is 5.88 Å². The number of aryl methyl sites for hydroxylation is 3. The van der Waals surface area contributed by atoms with Gasteiger partial charge in [-0.25, -0.2) is 9.67 Å². The van der Waals surface area contributed by atoms with Crippen molar-refractivity contribution in [1.29, 1.82) is 0 Å². The highest BCUT2D eigenvalue weighted by Crippen LogP contribution is 2.25. The minimum absolute atomic E-state index is 0.874. The minimum Gasteiger partial charge on any atom is -0.481 e. The van der Waals surface area contributed by atoms with E-state index in [0.717, 1.165) is 61.5 Å². The van der Waals surface area contributed by atoms with Crippen molar-refractivity contribution in [3.63, 3.8) is 0 Å². The molecule has 126 valence electrons. The van der Waals surface area contributed by atoms with Crippen LogP contribution in [0.2, 0.25) is 0 Å². The molecule has 2 aromatic rings. The van der Waals surface area contributed by atoms with Gasteiger partial charge in [-0.2, -0.15) is 5.10 Å². The van der Waals surface area contributed by atoms with Gasteiger partial charge in [-0.1, -0.05) is 0 Å². The number of methoxy groups -OCH3 is 1. The summed E-state index contributed by atoms with van der Waals surface area (Å²) >= 11 is 1.75. The smallest absolute Gasteiger partial charge is 0.216 e. The fourth-order valence-corrected chi connectivity index (χ4v) is 4.01. The molecule has 0 aliphatic carbocycles. The molecule has 3 rings (SSSR count). The Bertz CT molecular complexity index is 665. The first-order chi connectivity index (χ1) is 11.1. The number of thiazole rings is 1. The summed E-state index contributed by atoms with van der Waals surface area (Å²) in [7, 11) is 3.65. The summed E-state index contributed by atoms with van der Waals surface area (Å²) < 4.78 is 7.34. The molecular weight excluding hydrogens is 310 g/mol. The van der Waals surface area contributed by atoms with Crippen LogP contribution < -0.4 is 9.64 Å². The van der Waals surface area contributed by atoms with E-state index in [4.69, 9.17) is 4.74 Å². The zero-order chi connectivity index (χ0) is 16.4. The summed E-state index contributed by atoms with van der Waals surface area (Å²) in [6.45, 7) is 9.24. The first-order valence-corrected chi connectivity index (χ1v) is 8.92. The maximum absolute atomic E-state index is 5.52. The van der Waals surface area contributed by atoms with Gasteiger partial charge in [-0.05, 0) is 20.3 Å². The molecule has 1 fully saturated rings. The van der Waals surface area contributed by atoms with Gasteiger partial charge in [0.15, 0.2) is 5.13 Å². The fraction of sp³-hybridized carbons (Fsp3) is 0.625. The molecule has 0 spiro atoms. The van der Waals surface area contributed by atoms with Crippen LogP contribution in [0.3, 0.4) is 0 Å². The van der Waals surface area contributed by atoms with Gasteiger partial charge in [0.05, 0.1) is 24.1 Å². The van der Waals surface area contributed by atoms with Crippen molar-refractivity contribution in [2.24, 2.45) is 7.05 Å². The van der Waals surface area contributed by atoms with E-state index in [9.17, 15) is 0 Å². The van der Waals surface area contributed by atoms with Crippen molar-refractivity contribution in [3.05, 3.63) is 22.3 Å². The molecule has 6 nitrogen and oxygen atoms in total. The zero-order valence-corrected chi connectivity index (χ0v) is 15.2. The SMILES string of the molecule is COc1c(CN2CCCN(c3nc(C)cs3)CC2)c(C)nn1C. The highest BCUT2D eigenvalue weighted by atomic mass is 32.1. The molecule has 0 radical (unpaired) electrons. The lowest BCUT2D eigenvalue weighted by Gasteiger charge is -2.21. The van der Waals surface area contributed by atoms with Crippen molar-refractivity contribution in [1.82, 2.24) is 19.7 Å². The number of hydrogen-bond donors (Lipinski definition) is 0. The molecule has 0 atom stereocenters. The van der Waals surface area contributed by atoms with Crippen LogP contribution in [0, 0.1) is 13.8 Å². The predicted molar refractivity (Wildman–Crippen MR) is 93.5 cm³/mol. The van der Waals surface area contributed by atoms with E-state index in [0.29, 0.717) is 0 Å². The van der Waals surface area contributed by atoms with E-state index in [1.54, 1.807) is 18.4 Å². The molecule has 0 saturated carbocycles. The van der Waals surface area contributed by atoms with E-state index in [-0.39, 0.29) is 0 Å². The summed E-state index contributed by atoms with van der Waals surface area (Å²) in [5.74, 6) is 0.874. The number of anilines is 1. The highest BCUT2D eigenvalue weighted by molar-refractivity contribution is 7.13. The van der Waals surface area contributed by atoms with Gasteiger partial charge in [0.2, 0.25) is 5.88 Å². The minimum atomic E-state index is 0.874. The highest BCUT2D eigenvalue weighted by Gasteiger charge is 2.21. The summed E-state index contributed by atoms with van der Waals surface area (Å²) in [4.78, 5) is 9.52.